The van der Waals surface area contributed by atoms with Crippen molar-refractivity contribution in [2.75, 3.05) is 52.8 Å². The number of nitrogens with zero attached hydrogens (tertiary/aromatic N) is 2. The molecule has 2 N–H and O–H groups in total. The van der Waals surface area contributed by atoms with Gasteiger partial charge in [0.1, 0.15) is 12.4 Å². The lowest BCUT2D eigenvalue weighted by molar-refractivity contribution is 0.145. The summed E-state index contributed by atoms with van der Waals surface area (Å²) < 4.78 is 35.8. The Balaban J connectivity index is 1.93. The van der Waals surface area contributed by atoms with Crippen molar-refractivity contribution in [3.05, 3.63) is 29.3 Å². The molecule has 0 aliphatic carbocycles. The van der Waals surface area contributed by atoms with Crippen molar-refractivity contribution in [2.24, 2.45) is 10.9 Å². The van der Waals surface area contributed by atoms with E-state index in [-0.39, 0.29) is 0 Å². The van der Waals surface area contributed by atoms with Crippen molar-refractivity contribution >= 4 is 16.0 Å². The first-order valence-electron chi connectivity index (χ1n) is 10.5. The lowest BCUT2D eigenvalue weighted by Gasteiger charge is -2.30. The Morgan fingerprint density at radius 2 is 1.97 bits per heavy atom. The summed E-state index contributed by atoms with van der Waals surface area (Å²) in [6.07, 6.45) is 2.99. The fraction of sp³-hybridized carbons (Fsp3) is 0.667. The second-order valence-corrected chi connectivity index (χ2v) is 9.62. The van der Waals surface area contributed by atoms with E-state index in [4.69, 9.17) is 14.5 Å². The van der Waals surface area contributed by atoms with Crippen LogP contribution in [0.25, 0.3) is 0 Å². The number of methoxy groups -OCH3 is 1. The van der Waals surface area contributed by atoms with E-state index in [0.29, 0.717) is 38.8 Å². The lowest BCUT2D eigenvalue weighted by Crippen LogP contribution is -2.44. The Morgan fingerprint density at radius 3 is 2.60 bits per heavy atom. The molecule has 0 spiro atoms. The number of benzene rings is 1. The zero-order valence-electron chi connectivity index (χ0n) is 18.6. The van der Waals surface area contributed by atoms with Crippen molar-refractivity contribution in [3.8, 4) is 5.75 Å². The molecule has 1 saturated heterocycles. The van der Waals surface area contributed by atoms with Gasteiger partial charge in [-0.15, -0.1) is 0 Å². The van der Waals surface area contributed by atoms with E-state index in [0.717, 1.165) is 48.8 Å². The third kappa shape index (κ3) is 8.12. The van der Waals surface area contributed by atoms with E-state index in [1.54, 1.807) is 11.4 Å². The largest absolute Gasteiger partial charge is 0.491 e. The number of aliphatic imine (C=N–C) groups is 1. The van der Waals surface area contributed by atoms with Gasteiger partial charge < -0.3 is 20.1 Å². The van der Waals surface area contributed by atoms with Gasteiger partial charge in [-0.25, -0.2) is 17.7 Å². The molecule has 0 amide bonds. The Bertz CT molecular complexity index is 790. The van der Waals surface area contributed by atoms with E-state index in [1.165, 1.54) is 6.26 Å². The lowest BCUT2D eigenvalue weighted by atomic mass is 9.98. The molecule has 170 valence electrons. The van der Waals surface area contributed by atoms with Gasteiger partial charge in [0.05, 0.1) is 19.4 Å². The van der Waals surface area contributed by atoms with Crippen molar-refractivity contribution in [1.82, 2.24) is 14.9 Å². The molecule has 1 aliphatic rings. The molecule has 1 aromatic carbocycles. The summed E-state index contributed by atoms with van der Waals surface area (Å²) in [6.45, 7) is 8.33. The van der Waals surface area contributed by atoms with Crippen molar-refractivity contribution in [1.29, 1.82) is 0 Å². The highest BCUT2D eigenvalue weighted by Gasteiger charge is 2.24. The summed E-state index contributed by atoms with van der Waals surface area (Å²) in [5.74, 6) is 2.02. The van der Waals surface area contributed by atoms with Gasteiger partial charge in [0, 0.05) is 38.9 Å². The fourth-order valence-corrected chi connectivity index (χ4v) is 4.23. The van der Waals surface area contributed by atoms with Gasteiger partial charge >= 0.3 is 0 Å². The molecule has 0 saturated carbocycles. The van der Waals surface area contributed by atoms with E-state index < -0.39 is 10.0 Å². The Kier molecular flexibility index (Phi) is 9.87. The van der Waals surface area contributed by atoms with Crippen LogP contribution in [0.15, 0.2) is 23.2 Å². The molecule has 30 heavy (non-hydrogen) atoms. The maximum absolute atomic E-state index is 11.7. The molecule has 0 atom stereocenters. The Labute approximate surface area is 181 Å². The van der Waals surface area contributed by atoms with Gasteiger partial charge in [0.15, 0.2) is 5.96 Å². The molecule has 1 aliphatic heterocycles. The van der Waals surface area contributed by atoms with Crippen LogP contribution < -0.4 is 15.4 Å². The van der Waals surface area contributed by atoms with Crippen LogP contribution in [0.1, 0.15) is 30.9 Å². The summed E-state index contributed by atoms with van der Waals surface area (Å²) >= 11 is 0. The summed E-state index contributed by atoms with van der Waals surface area (Å²) in [5, 5.41) is 6.69. The van der Waals surface area contributed by atoms with Crippen LogP contribution in [-0.4, -0.2) is 71.4 Å². The third-order valence-corrected chi connectivity index (χ3v) is 6.42. The number of piperidine rings is 1. The summed E-state index contributed by atoms with van der Waals surface area (Å²) in [5.41, 5.74) is 2.16. The van der Waals surface area contributed by atoms with Crippen LogP contribution in [0.2, 0.25) is 0 Å². The van der Waals surface area contributed by atoms with Gasteiger partial charge in [0.2, 0.25) is 10.0 Å². The highest BCUT2D eigenvalue weighted by Crippen LogP contribution is 2.21. The number of ether oxygens (including phenoxy) is 2. The van der Waals surface area contributed by atoms with Crippen LogP contribution in [-0.2, 0) is 21.3 Å². The normalized spacial score (nSPS) is 16.5. The molecule has 8 nitrogen and oxygen atoms in total. The minimum absolute atomic E-state index is 0.430. The Morgan fingerprint density at radius 1 is 1.23 bits per heavy atom. The van der Waals surface area contributed by atoms with Crippen LogP contribution in [0, 0.1) is 12.8 Å². The summed E-state index contributed by atoms with van der Waals surface area (Å²) in [6, 6.07) is 6.13. The number of hydrogen-bond donors (Lipinski definition) is 2. The first-order valence-corrected chi connectivity index (χ1v) is 12.4. The van der Waals surface area contributed by atoms with Crippen molar-refractivity contribution in [2.45, 2.75) is 33.2 Å². The molecule has 1 fully saturated rings. The first kappa shape index (κ1) is 24.4. The van der Waals surface area contributed by atoms with E-state index in [2.05, 4.69) is 16.7 Å². The second kappa shape index (κ2) is 12.1. The van der Waals surface area contributed by atoms with E-state index >= 15 is 0 Å². The van der Waals surface area contributed by atoms with Crippen LogP contribution in [0.5, 0.6) is 5.75 Å². The minimum atomic E-state index is -3.09. The molecule has 0 radical (unpaired) electrons. The molecule has 1 aromatic rings. The molecule has 0 unspecified atom stereocenters. The van der Waals surface area contributed by atoms with E-state index in [1.807, 2.05) is 26.0 Å². The maximum Gasteiger partial charge on any atom is 0.211 e. The summed E-state index contributed by atoms with van der Waals surface area (Å²) in [4.78, 5) is 4.72. The molecule has 1 heterocycles. The van der Waals surface area contributed by atoms with E-state index in [9.17, 15) is 8.42 Å². The minimum Gasteiger partial charge on any atom is -0.491 e. The molecule has 9 heteroatoms. The molecular formula is C21H36N4O4S. The smallest absolute Gasteiger partial charge is 0.211 e. The van der Waals surface area contributed by atoms with Gasteiger partial charge in [-0.1, -0.05) is 12.1 Å². The predicted molar refractivity (Wildman–Crippen MR) is 121 cm³/mol. The monoisotopic (exact) mass is 440 g/mol. The SMILES string of the molecule is CCNC(=NCc1ccc(C)cc1OCCOC)NCC1CCN(S(C)(=O)=O)CC1. The van der Waals surface area contributed by atoms with Gasteiger partial charge in [-0.3, -0.25) is 0 Å². The predicted octanol–water partition coefficient (Wildman–Crippen LogP) is 1.75. The number of sulfonamides is 1. The van der Waals surface area contributed by atoms with Crippen molar-refractivity contribution < 1.29 is 17.9 Å². The molecular weight excluding hydrogens is 404 g/mol. The molecule has 2 rings (SSSR count). The zero-order valence-corrected chi connectivity index (χ0v) is 19.4. The van der Waals surface area contributed by atoms with Crippen LogP contribution in [0.4, 0.5) is 0 Å². The van der Waals surface area contributed by atoms with Gasteiger partial charge in [-0.05, 0) is 44.2 Å². The number of hydrogen-bond acceptors (Lipinski definition) is 5. The quantitative estimate of drug-likeness (QED) is 0.327. The summed E-state index contributed by atoms with van der Waals surface area (Å²) in [7, 11) is -1.43. The second-order valence-electron chi connectivity index (χ2n) is 7.63. The number of nitrogens with one attached hydrogen (secondary N) is 2. The third-order valence-electron chi connectivity index (χ3n) is 5.12. The maximum atomic E-state index is 11.7. The number of rotatable bonds is 10. The van der Waals surface area contributed by atoms with Crippen LogP contribution >= 0.6 is 0 Å². The first-order chi connectivity index (χ1) is 14.3. The fourth-order valence-electron chi connectivity index (χ4n) is 3.35. The van der Waals surface area contributed by atoms with Gasteiger partial charge in [0.25, 0.3) is 0 Å². The number of aryl methyl sites for hydroxylation is 1. The average Bonchev–Trinajstić information content (AvgIpc) is 2.71. The molecule has 0 aromatic heterocycles. The topological polar surface area (TPSA) is 92.3 Å². The van der Waals surface area contributed by atoms with Crippen LogP contribution in [0.3, 0.4) is 0 Å². The molecule has 0 bridgehead atoms. The van der Waals surface area contributed by atoms with Gasteiger partial charge in [-0.2, -0.15) is 0 Å². The zero-order chi connectivity index (χ0) is 22.0. The standard InChI is InChI=1S/C21H36N4O4S/c1-5-22-21(23-15-18-8-10-25(11-9-18)30(4,26)27)24-16-19-7-6-17(2)14-20(19)29-13-12-28-3/h6-7,14,18H,5,8-13,15-16H2,1-4H3,(H2,22,23,24). The highest BCUT2D eigenvalue weighted by molar-refractivity contribution is 7.88. The number of guanidine groups is 1. The Hall–Kier alpha value is -1.84. The average molecular weight is 441 g/mol. The van der Waals surface area contributed by atoms with Crippen molar-refractivity contribution in [3.63, 3.8) is 0 Å². The highest BCUT2D eigenvalue weighted by atomic mass is 32.2.